The molecule has 5 heteroatoms. The number of halogens is 2. The van der Waals surface area contributed by atoms with Gasteiger partial charge in [0.1, 0.15) is 5.82 Å². The van der Waals surface area contributed by atoms with Crippen molar-refractivity contribution in [2.45, 2.75) is 6.92 Å². The van der Waals surface area contributed by atoms with Crippen LogP contribution >= 0.6 is 11.6 Å². The maximum absolute atomic E-state index is 12.9. The van der Waals surface area contributed by atoms with Gasteiger partial charge in [-0.15, -0.1) is 0 Å². The summed E-state index contributed by atoms with van der Waals surface area (Å²) in [5.74, 6) is -0.268. The molecule has 1 amide bonds. The van der Waals surface area contributed by atoms with Crippen LogP contribution in [0.5, 0.6) is 0 Å². The minimum absolute atomic E-state index is 0.0143. The lowest BCUT2D eigenvalue weighted by Crippen LogP contribution is -2.27. The van der Waals surface area contributed by atoms with E-state index in [-0.39, 0.29) is 16.8 Å². The highest BCUT2D eigenvalue weighted by Gasteiger charge is 2.29. The molecule has 92 valence electrons. The first-order valence-corrected chi connectivity index (χ1v) is 5.92. The summed E-state index contributed by atoms with van der Waals surface area (Å²) >= 11 is 5.65. The molecule has 2 unspecified atom stereocenters. The van der Waals surface area contributed by atoms with E-state index in [1.54, 1.807) is 0 Å². The van der Waals surface area contributed by atoms with E-state index in [0.29, 0.717) is 18.2 Å². The van der Waals surface area contributed by atoms with Crippen molar-refractivity contribution in [3.05, 3.63) is 29.0 Å². The molecule has 17 heavy (non-hydrogen) atoms. The third-order valence-electron chi connectivity index (χ3n) is 3.04. The van der Waals surface area contributed by atoms with Crippen LogP contribution in [0, 0.1) is 17.7 Å². The summed E-state index contributed by atoms with van der Waals surface area (Å²) in [6.45, 7) is 3.56. The van der Waals surface area contributed by atoms with Crippen LogP contribution in [0.15, 0.2) is 18.2 Å². The van der Waals surface area contributed by atoms with Crippen LogP contribution in [0.2, 0.25) is 5.02 Å². The summed E-state index contributed by atoms with van der Waals surface area (Å²) in [6.07, 6.45) is 0. The van der Waals surface area contributed by atoms with Crippen molar-refractivity contribution in [2.75, 3.05) is 18.4 Å². The van der Waals surface area contributed by atoms with Crippen LogP contribution in [0.3, 0.4) is 0 Å². The normalized spacial score (nSPS) is 23.7. The Balaban J connectivity index is 2.05. The molecule has 2 atom stereocenters. The molecule has 2 N–H and O–H groups in total. The van der Waals surface area contributed by atoms with Crippen LogP contribution in [0.1, 0.15) is 6.92 Å². The van der Waals surface area contributed by atoms with Crippen molar-refractivity contribution in [2.24, 2.45) is 11.8 Å². The van der Waals surface area contributed by atoms with Crippen molar-refractivity contribution < 1.29 is 9.18 Å². The van der Waals surface area contributed by atoms with E-state index in [1.807, 2.05) is 6.92 Å². The third kappa shape index (κ3) is 2.76. The van der Waals surface area contributed by atoms with Gasteiger partial charge in [0.15, 0.2) is 0 Å². The Bertz CT molecular complexity index is 439. The van der Waals surface area contributed by atoms with E-state index >= 15 is 0 Å². The monoisotopic (exact) mass is 256 g/mol. The van der Waals surface area contributed by atoms with E-state index in [0.717, 1.165) is 6.54 Å². The molecular weight excluding hydrogens is 243 g/mol. The predicted molar refractivity (Wildman–Crippen MR) is 65.6 cm³/mol. The summed E-state index contributed by atoms with van der Waals surface area (Å²) in [7, 11) is 0. The molecule has 2 rings (SSSR count). The minimum atomic E-state index is -0.486. The second kappa shape index (κ2) is 5.02. The summed E-state index contributed by atoms with van der Waals surface area (Å²) in [6, 6.07) is 4.17. The maximum Gasteiger partial charge on any atom is 0.229 e. The number of hydrogen-bond acceptors (Lipinski definition) is 2. The number of carbonyl (C=O) groups excluding carboxylic acids is 1. The van der Waals surface area contributed by atoms with Crippen molar-refractivity contribution >= 4 is 23.2 Å². The molecule has 1 aromatic rings. The maximum atomic E-state index is 12.9. The third-order valence-corrected chi connectivity index (χ3v) is 3.33. The largest absolute Gasteiger partial charge is 0.326 e. The summed E-state index contributed by atoms with van der Waals surface area (Å²) in [5.41, 5.74) is 0.528. The fraction of sp³-hybridized carbons (Fsp3) is 0.417. The Kier molecular flexibility index (Phi) is 3.64. The Hall–Kier alpha value is -1.13. The molecule has 0 radical (unpaired) electrons. The van der Waals surface area contributed by atoms with Gasteiger partial charge in [-0.2, -0.15) is 0 Å². The molecule has 1 saturated heterocycles. The molecule has 0 aliphatic carbocycles. The van der Waals surface area contributed by atoms with Gasteiger partial charge in [-0.1, -0.05) is 18.5 Å². The molecule has 1 fully saturated rings. The SMILES string of the molecule is CC1CNCC1C(=O)Nc1ccc(F)c(Cl)c1. The van der Waals surface area contributed by atoms with Crippen LogP contribution in [0.4, 0.5) is 10.1 Å². The minimum Gasteiger partial charge on any atom is -0.326 e. The molecule has 0 saturated carbocycles. The summed E-state index contributed by atoms with van der Waals surface area (Å²) in [5, 5.41) is 5.93. The van der Waals surface area contributed by atoms with Crippen molar-refractivity contribution in [3.8, 4) is 0 Å². The van der Waals surface area contributed by atoms with Gasteiger partial charge in [0.05, 0.1) is 10.9 Å². The van der Waals surface area contributed by atoms with Crippen LogP contribution < -0.4 is 10.6 Å². The van der Waals surface area contributed by atoms with E-state index in [1.165, 1.54) is 18.2 Å². The number of carbonyl (C=O) groups is 1. The molecule has 0 bridgehead atoms. The first-order valence-electron chi connectivity index (χ1n) is 5.54. The molecule has 0 aromatic heterocycles. The van der Waals surface area contributed by atoms with Crippen LogP contribution in [-0.4, -0.2) is 19.0 Å². The zero-order chi connectivity index (χ0) is 12.4. The summed E-state index contributed by atoms with van der Waals surface area (Å²) < 4.78 is 12.9. The zero-order valence-electron chi connectivity index (χ0n) is 9.47. The highest BCUT2D eigenvalue weighted by molar-refractivity contribution is 6.31. The molecule has 1 heterocycles. The van der Waals surface area contributed by atoms with Gasteiger partial charge in [-0.25, -0.2) is 4.39 Å². The Morgan fingerprint density at radius 3 is 2.88 bits per heavy atom. The molecule has 0 spiro atoms. The van der Waals surface area contributed by atoms with E-state index in [4.69, 9.17) is 11.6 Å². The quantitative estimate of drug-likeness (QED) is 0.852. The molecular formula is C12H14ClFN2O. The van der Waals surface area contributed by atoms with Crippen LogP contribution in [0.25, 0.3) is 0 Å². The standard InChI is InChI=1S/C12H14ClFN2O/c1-7-5-15-6-9(7)12(17)16-8-2-3-11(14)10(13)4-8/h2-4,7,9,15H,5-6H2,1H3,(H,16,17). The van der Waals surface area contributed by atoms with E-state index in [9.17, 15) is 9.18 Å². The lowest BCUT2D eigenvalue weighted by atomic mass is 9.97. The van der Waals surface area contributed by atoms with Gasteiger partial charge in [0.25, 0.3) is 0 Å². The highest BCUT2D eigenvalue weighted by atomic mass is 35.5. The molecule has 1 aliphatic rings. The van der Waals surface area contributed by atoms with Crippen molar-refractivity contribution in [1.29, 1.82) is 0 Å². The van der Waals surface area contributed by atoms with E-state index < -0.39 is 5.82 Å². The lowest BCUT2D eigenvalue weighted by molar-refractivity contribution is -0.120. The lowest BCUT2D eigenvalue weighted by Gasteiger charge is -2.14. The van der Waals surface area contributed by atoms with Gasteiger partial charge in [-0.3, -0.25) is 4.79 Å². The van der Waals surface area contributed by atoms with Gasteiger partial charge in [0.2, 0.25) is 5.91 Å². The topological polar surface area (TPSA) is 41.1 Å². The average Bonchev–Trinajstić information content (AvgIpc) is 2.70. The number of benzene rings is 1. The second-order valence-electron chi connectivity index (χ2n) is 4.36. The predicted octanol–water partition coefficient (Wildman–Crippen LogP) is 2.27. The van der Waals surface area contributed by atoms with E-state index in [2.05, 4.69) is 10.6 Å². The van der Waals surface area contributed by atoms with Crippen molar-refractivity contribution in [3.63, 3.8) is 0 Å². The number of nitrogens with one attached hydrogen (secondary N) is 2. The van der Waals surface area contributed by atoms with Gasteiger partial charge >= 0.3 is 0 Å². The van der Waals surface area contributed by atoms with Gasteiger partial charge < -0.3 is 10.6 Å². The Morgan fingerprint density at radius 1 is 1.53 bits per heavy atom. The Labute approximate surface area is 104 Å². The highest BCUT2D eigenvalue weighted by Crippen LogP contribution is 2.22. The number of amides is 1. The summed E-state index contributed by atoms with van der Waals surface area (Å²) in [4.78, 5) is 11.9. The first-order chi connectivity index (χ1) is 8.08. The molecule has 1 aromatic carbocycles. The van der Waals surface area contributed by atoms with Gasteiger partial charge in [-0.05, 0) is 30.7 Å². The fourth-order valence-electron chi connectivity index (χ4n) is 1.97. The smallest absolute Gasteiger partial charge is 0.229 e. The fourth-order valence-corrected chi connectivity index (χ4v) is 2.15. The average molecular weight is 257 g/mol. The number of anilines is 1. The second-order valence-corrected chi connectivity index (χ2v) is 4.77. The van der Waals surface area contributed by atoms with Gasteiger partial charge in [0, 0.05) is 12.2 Å². The zero-order valence-corrected chi connectivity index (χ0v) is 10.2. The number of rotatable bonds is 2. The molecule has 3 nitrogen and oxygen atoms in total. The number of hydrogen-bond donors (Lipinski definition) is 2. The first kappa shape index (κ1) is 12.3. The Morgan fingerprint density at radius 2 is 2.29 bits per heavy atom. The van der Waals surface area contributed by atoms with Crippen molar-refractivity contribution in [1.82, 2.24) is 5.32 Å². The van der Waals surface area contributed by atoms with Crippen LogP contribution in [-0.2, 0) is 4.79 Å². The molecule has 1 aliphatic heterocycles.